The molecule has 1 aromatic heterocycles. The number of nitrogens with zero attached hydrogens (tertiary/aromatic N) is 2. The molecule has 4 heteroatoms. The Morgan fingerprint density at radius 3 is 3.00 bits per heavy atom. The summed E-state index contributed by atoms with van der Waals surface area (Å²) >= 11 is 0. The molecule has 0 radical (unpaired) electrons. The largest absolute Gasteiger partial charge is 0.396 e. The van der Waals surface area contributed by atoms with E-state index in [1.54, 1.807) is 0 Å². The first-order valence-corrected chi connectivity index (χ1v) is 6.09. The molecule has 0 amide bonds. The van der Waals surface area contributed by atoms with E-state index in [0.717, 1.165) is 30.5 Å². The third kappa shape index (κ3) is 2.84. The van der Waals surface area contributed by atoms with Crippen molar-refractivity contribution in [1.29, 1.82) is 0 Å². The summed E-state index contributed by atoms with van der Waals surface area (Å²) in [4.78, 5) is 4.36. The molecule has 0 saturated carbocycles. The highest BCUT2D eigenvalue weighted by atomic mass is 16.3. The van der Waals surface area contributed by atoms with Crippen molar-refractivity contribution < 1.29 is 5.11 Å². The van der Waals surface area contributed by atoms with Crippen LogP contribution in [0.3, 0.4) is 0 Å². The van der Waals surface area contributed by atoms with E-state index < -0.39 is 0 Å². The Bertz CT molecular complexity index is 460. The van der Waals surface area contributed by atoms with E-state index in [0.29, 0.717) is 6.04 Å². The normalized spacial score (nSPS) is 13.1. The Morgan fingerprint density at radius 2 is 2.24 bits per heavy atom. The van der Waals surface area contributed by atoms with Crippen molar-refractivity contribution in [3.63, 3.8) is 0 Å². The van der Waals surface area contributed by atoms with Crippen LogP contribution in [-0.2, 0) is 6.54 Å². The van der Waals surface area contributed by atoms with Gasteiger partial charge in [-0.15, -0.1) is 0 Å². The Balaban J connectivity index is 2.15. The third-order valence-electron chi connectivity index (χ3n) is 2.91. The molecule has 1 aromatic carbocycles. The van der Waals surface area contributed by atoms with Gasteiger partial charge in [-0.1, -0.05) is 19.1 Å². The molecule has 2 aromatic rings. The molecule has 1 heterocycles. The molecule has 0 aliphatic carbocycles. The number of aromatic nitrogens is 2. The molecule has 0 fully saturated rings. The number of hydrogen-bond donors (Lipinski definition) is 2. The second kappa shape index (κ2) is 5.80. The predicted molar refractivity (Wildman–Crippen MR) is 68.9 cm³/mol. The van der Waals surface area contributed by atoms with Crippen LogP contribution in [0.25, 0.3) is 11.0 Å². The van der Waals surface area contributed by atoms with Crippen LogP contribution >= 0.6 is 0 Å². The maximum absolute atomic E-state index is 9.04. The van der Waals surface area contributed by atoms with Gasteiger partial charge in [-0.25, -0.2) is 4.98 Å². The summed E-state index contributed by atoms with van der Waals surface area (Å²) < 4.78 is 2.14. The number of likely N-dealkylation sites (N-methyl/N-ethyl adjacent to an activating group) is 1. The van der Waals surface area contributed by atoms with Gasteiger partial charge < -0.3 is 15.0 Å². The van der Waals surface area contributed by atoms with Gasteiger partial charge in [0.05, 0.1) is 17.4 Å². The molecule has 1 unspecified atom stereocenters. The minimum absolute atomic E-state index is 0.213. The van der Waals surface area contributed by atoms with Gasteiger partial charge >= 0.3 is 0 Å². The molecular weight excluding hydrogens is 214 g/mol. The Hall–Kier alpha value is -1.39. The lowest BCUT2D eigenvalue weighted by atomic mass is 10.2. The fourth-order valence-corrected chi connectivity index (χ4v) is 2.10. The Labute approximate surface area is 101 Å². The van der Waals surface area contributed by atoms with Crippen molar-refractivity contribution in [1.82, 2.24) is 14.9 Å². The molecule has 0 aliphatic heterocycles. The molecule has 1 atom stereocenters. The summed E-state index contributed by atoms with van der Waals surface area (Å²) in [6.45, 7) is 4.05. The SMILES string of the molecule is CCNC(CCO)Cn1cnc2ccccc21. The second-order valence-electron chi connectivity index (χ2n) is 4.15. The average molecular weight is 233 g/mol. The van der Waals surface area contributed by atoms with Gasteiger partial charge in [0.1, 0.15) is 0 Å². The van der Waals surface area contributed by atoms with Crippen LogP contribution in [0.15, 0.2) is 30.6 Å². The minimum Gasteiger partial charge on any atom is -0.396 e. The number of imidazole rings is 1. The summed E-state index contributed by atoms with van der Waals surface area (Å²) in [5.74, 6) is 0. The zero-order valence-electron chi connectivity index (χ0n) is 10.1. The van der Waals surface area contributed by atoms with Crippen LogP contribution in [0.5, 0.6) is 0 Å². The number of hydrogen-bond acceptors (Lipinski definition) is 3. The topological polar surface area (TPSA) is 50.1 Å². The zero-order chi connectivity index (χ0) is 12.1. The highest BCUT2D eigenvalue weighted by Gasteiger charge is 2.09. The summed E-state index contributed by atoms with van der Waals surface area (Å²) in [5, 5.41) is 12.4. The van der Waals surface area contributed by atoms with Crippen LogP contribution in [0, 0.1) is 0 Å². The van der Waals surface area contributed by atoms with Gasteiger partial charge in [-0.2, -0.15) is 0 Å². The van der Waals surface area contributed by atoms with Crippen LogP contribution < -0.4 is 5.32 Å². The first-order valence-electron chi connectivity index (χ1n) is 6.09. The lowest BCUT2D eigenvalue weighted by Crippen LogP contribution is -2.33. The first kappa shape index (κ1) is 12.1. The van der Waals surface area contributed by atoms with Gasteiger partial charge in [0.15, 0.2) is 0 Å². The molecule has 0 spiro atoms. The predicted octanol–water partition coefficient (Wildman–Crippen LogP) is 1.40. The fourth-order valence-electron chi connectivity index (χ4n) is 2.10. The van der Waals surface area contributed by atoms with Crippen LogP contribution in [0.1, 0.15) is 13.3 Å². The van der Waals surface area contributed by atoms with Crippen LogP contribution in [0.2, 0.25) is 0 Å². The maximum Gasteiger partial charge on any atom is 0.0958 e. The van der Waals surface area contributed by atoms with Crippen molar-refractivity contribution in [3.8, 4) is 0 Å². The number of aliphatic hydroxyl groups is 1. The maximum atomic E-state index is 9.04. The second-order valence-corrected chi connectivity index (χ2v) is 4.15. The van der Waals surface area contributed by atoms with Gasteiger partial charge in [-0.3, -0.25) is 0 Å². The third-order valence-corrected chi connectivity index (χ3v) is 2.91. The average Bonchev–Trinajstić information content (AvgIpc) is 2.74. The van der Waals surface area contributed by atoms with Crippen molar-refractivity contribution in [3.05, 3.63) is 30.6 Å². The van der Waals surface area contributed by atoms with Gasteiger partial charge in [0.2, 0.25) is 0 Å². The molecule has 17 heavy (non-hydrogen) atoms. The van der Waals surface area contributed by atoms with E-state index in [1.807, 2.05) is 24.5 Å². The van der Waals surface area contributed by atoms with Crippen molar-refractivity contribution >= 4 is 11.0 Å². The Morgan fingerprint density at radius 1 is 1.41 bits per heavy atom. The smallest absolute Gasteiger partial charge is 0.0958 e. The molecule has 0 aliphatic rings. The summed E-state index contributed by atoms with van der Waals surface area (Å²) in [5.41, 5.74) is 2.17. The number of aliphatic hydroxyl groups excluding tert-OH is 1. The molecule has 0 bridgehead atoms. The first-order chi connectivity index (χ1) is 8.35. The summed E-state index contributed by atoms with van der Waals surface area (Å²) in [6.07, 6.45) is 2.63. The minimum atomic E-state index is 0.213. The summed E-state index contributed by atoms with van der Waals surface area (Å²) in [6, 6.07) is 8.40. The van der Waals surface area contributed by atoms with Crippen molar-refractivity contribution in [2.75, 3.05) is 13.2 Å². The van der Waals surface area contributed by atoms with Crippen LogP contribution in [0.4, 0.5) is 0 Å². The molecule has 0 saturated heterocycles. The molecule has 92 valence electrons. The Kier molecular flexibility index (Phi) is 4.12. The van der Waals surface area contributed by atoms with Crippen LogP contribution in [-0.4, -0.2) is 33.9 Å². The molecular formula is C13H19N3O. The summed E-state index contributed by atoms with van der Waals surface area (Å²) in [7, 11) is 0. The number of benzene rings is 1. The highest BCUT2D eigenvalue weighted by Crippen LogP contribution is 2.12. The monoisotopic (exact) mass is 233 g/mol. The fraction of sp³-hybridized carbons (Fsp3) is 0.462. The number of para-hydroxylation sites is 2. The van der Waals surface area contributed by atoms with E-state index in [2.05, 4.69) is 27.9 Å². The van der Waals surface area contributed by atoms with Gasteiger partial charge in [-0.05, 0) is 25.1 Å². The van der Waals surface area contributed by atoms with E-state index in [9.17, 15) is 0 Å². The number of rotatable bonds is 6. The van der Waals surface area contributed by atoms with Crippen molar-refractivity contribution in [2.45, 2.75) is 25.9 Å². The lowest BCUT2D eigenvalue weighted by molar-refractivity contribution is 0.258. The highest BCUT2D eigenvalue weighted by molar-refractivity contribution is 5.74. The van der Waals surface area contributed by atoms with Gasteiger partial charge in [0, 0.05) is 19.2 Å². The zero-order valence-corrected chi connectivity index (χ0v) is 10.1. The molecule has 4 nitrogen and oxygen atoms in total. The number of fused-ring (bicyclic) bond motifs is 1. The van der Waals surface area contributed by atoms with E-state index in [1.165, 1.54) is 0 Å². The lowest BCUT2D eigenvalue weighted by Gasteiger charge is -2.17. The van der Waals surface area contributed by atoms with E-state index >= 15 is 0 Å². The van der Waals surface area contributed by atoms with E-state index in [-0.39, 0.29) is 6.61 Å². The van der Waals surface area contributed by atoms with E-state index in [4.69, 9.17) is 5.11 Å². The molecule has 2 N–H and O–H groups in total. The number of nitrogens with one attached hydrogen (secondary N) is 1. The molecule has 2 rings (SSSR count). The standard InChI is InChI=1S/C13H19N3O/c1-2-14-11(7-8-17)9-16-10-15-12-5-3-4-6-13(12)16/h3-6,10-11,14,17H,2,7-9H2,1H3. The van der Waals surface area contributed by atoms with Crippen molar-refractivity contribution in [2.24, 2.45) is 0 Å². The quantitative estimate of drug-likeness (QED) is 0.793. The van der Waals surface area contributed by atoms with Gasteiger partial charge in [0.25, 0.3) is 0 Å².